The van der Waals surface area contributed by atoms with Gasteiger partial charge in [-0.25, -0.2) is 0 Å². The van der Waals surface area contributed by atoms with Gasteiger partial charge in [-0.3, -0.25) is 9.48 Å². The second-order valence-corrected chi connectivity index (χ2v) is 4.16. The molecule has 0 aliphatic carbocycles. The largest absolute Gasteiger partial charge is 0.300 e. The number of ketones is 1. The van der Waals surface area contributed by atoms with E-state index in [0.29, 0.717) is 18.6 Å². The molecule has 1 aromatic rings. The van der Waals surface area contributed by atoms with Crippen molar-refractivity contribution in [3.63, 3.8) is 0 Å². The number of halogens is 1. The number of carbonyl (C=O) groups is 1. The molecule has 72 valence electrons. The molecule has 0 aliphatic rings. The number of nitrogens with zero attached hydrogens (tertiary/aromatic N) is 2. The molecular formula is C9H13IN2O. The zero-order chi connectivity index (χ0) is 9.68. The maximum atomic E-state index is 11.0. The average Bonchev–Trinajstić information content (AvgIpc) is 2.51. The minimum atomic E-state index is 0.335. The van der Waals surface area contributed by atoms with E-state index in [-0.39, 0.29) is 0 Å². The Kier molecular flexibility index (Phi) is 4.41. The van der Waals surface area contributed by atoms with Crippen molar-refractivity contribution in [2.24, 2.45) is 0 Å². The quantitative estimate of drug-likeness (QED) is 0.780. The molecule has 0 fully saturated rings. The van der Waals surface area contributed by atoms with E-state index < -0.39 is 0 Å². The normalized spacial score (nSPS) is 10.3. The molecule has 0 spiro atoms. The van der Waals surface area contributed by atoms with Gasteiger partial charge in [0.25, 0.3) is 0 Å². The molecule has 3 nitrogen and oxygen atoms in total. The highest BCUT2D eigenvalue weighted by Gasteiger charge is 1.99. The molecule has 0 N–H and O–H groups in total. The second-order valence-electron chi connectivity index (χ2n) is 2.92. The molecule has 1 rings (SSSR count). The summed E-state index contributed by atoms with van der Waals surface area (Å²) >= 11 is 2.22. The number of rotatable bonds is 5. The van der Waals surface area contributed by atoms with Gasteiger partial charge in [-0.1, -0.05) is 6.92 Å². The molecule has 13 heavy (non-hydrogen) atoms. The molecule has 0 saturated carbocycles. The summed E-state index contributed by atoms with van der Waals surface area (Å²) in [5.74, 6) is 0.335. The number of aromatic nitrogens is 2. The Balaban J connectivity index is 2.24. The van der Waals surface area contributed by atoms with Crippen LogP contribution in [0, 0.1) is 3.57 Å². The van der Waals surface area contributed by atoms with E-state index in [4.69, 9.17) is 0 Å². The lowest BCUT2D eigenvalue weighted by molar-refractivity contribution is -0.118. The molecule has 0 aliphatic heterocycles. The molecule has 0 bridgehead atoms. The summed E-state index contributed by atoms with van der Waals surface area (Å²) in [6.45, 7) is 2.74. The first-order valence-corrected chi connectivity index (χ1v) is 5.50. The lowest BCUT2D eigenvalue weighted by Crippen LogP contribution is -2.02. The maximum absolute atomic E-state index is 11.0. The van der Waals surface area contributed by atoms with Crippen LogP contribution < -0.4 is 0 Å². The third kappa shape index (κ3) is 3.89. The molecule has 0 radical (unpaired) electrons. The zero-order valence-electron chi connectivity index (χ0n) is 7.66. The summed E-state index contributed by atoms with van der Waals surface area (Å²) in [7, 11) is 0. The molecule has 1 aromatic heterocycles. The number of aryl methyl sites for hydroxylation is 1. The van der Waals surface area contributed by atoms with Crippen LogP contribution >= 0.6 is 22.6 Å². The van der Waals surface area contributed by atoms with Crippen LogP contribution in [-0.4, -0.2) is 15.6 Å². The first-order valence-electron chi connectivity index (χ1n) is 4.42. The smallest absolute Gasteiger partial charge is 0.132 e. The predicted octanol–water partition coefficient (Wildman–Crippen LogP) is 2.25. The summed E-state index contributed by atoms with van der Waals surface area (Å²) in [6, 6.07) is 0. The van der Waals surface area contributed by atoms with Gasteiger partial charge in [0.2, 0.25) is 0 Å². The van der Waals surface area contributed by atoms with Crippen molar-refractivity contribution < 1.29 is 4.79 Å². The Morgan fingerprint density at radius 1 is 1.69 bits per heavy atom. The number of carbonyl (C=O) groups excluding carboxylic acids is 1. The Bertz CT molecular complexity index is 283. The van der Waals surface area contributed by atoms with Crippen molar-refractivity contribution in [3.05, 3.63) is 16.0 Å². The van der Waals surface area contributed by atoms with Crippen molar-refractivity contribution in [2.75, 3.05) is 0 Å². The standard InChI is InChI=1S/C9H13IN2O/c1-2-9(13)4-3-5-12-7-8(10)6-11-12/h6-7H,2-5H2,1H3. The summed E-state index contributed by atoms with van der Waals surface area (Å²) in [5, 5.41) is 4.14. The maximum Gasteiger partial charge on any atom is 0.132 e. The Morgan fingerprint density at radius 2 is 2.46 bits per heavy atom. The predicted molar refractivity (Wildman–Crippen MR) is 59.5 cm³/mol. The molecule has 4 heteroatoms. The van der Waals surface area contributed by atoms with E-state index in [1.54, 1.807) is 0 Å². The van der Waals surface area contributed by atoms with Gasteiger partial charge >= 0.3 is 0 Å². The summed E-state index contributed by atoms with van der Waals surface area (Å²) in [5.41, 5.74) is 0. The molecule has 0 atom stereocenters. The van der Waals surface area contributed by atoms with Crippen LogP contribution in [0.5, 0.6) is 0 Å². The van der Waals surface area contributed by atoms with Crippen molar-refractivity contribution in [1.82, 2.24) is 9.78 Å². The zero-order valence-corrected chi connectivity index (χ0v) is 9.82. The van der Waals surface area contributed by atoms with Gasteiger partial charge in [-0.05, 0) is 29.0 Å². The first-order chi connectivity index (χ1) is 6.22. The van der Waals surface area contributed by atoms with E-state index in [9.17, 15) is 4.79 Å². The van der Waals surface area contributed by atoms with Gasteiger partial charge in [0, 0.05) is 25.6 Å². The number of hydrogen-bond donors (Lipinski definition) is 0. The third-order valence-electron chi connectivity index (χ3n) is 1.84. The van der Waals surface area contributed by atoms with Crippen LogP contribution in [0.25, 0.3) is 0 Å². The summed E-state index contributed by atoms with van der Waals surface area (Å²) in [6.07, 6.45) is 6.02. The van der Waals surface area contributed by atoms with Gasteiger partial charge in [-0.15, -0.1) is 0 Å². The summed E-state index contributed by atoms with van der Waals surface area (Å²) in [4.78, 5) is 11.0. The van der Waals surface area contributed by atoms with Crippen LogP contribution in [-0.2, 0) is 11.3 Å². The molecule has 1 heterocycles. The van der Waals surface area contributed by atoms with Crippen LogP contribution in [0.15, 0.2) is 12.4 Å². The first kappa shape index (κ1) is 10.7. The fraction of sp³-hybridized carbons (Fsp3) is 0.556. The van der Waals surface area contributed by atoms with Crippen molar-refractivity contribution >= 4 is 28.4 Å². The van der Waals surface area contributed by atoms with E-state index in [0.717, 1.165) is 16.5 Å². The minimum absolute atomic E-state index is 0.335. The van der Waals surface area contributed by atoms with Crippen molar-refractivity contribution in [1.29, 1.82) is 0 Å². The second kappa shape index (κ2) is 5.36. The Hall–Kier alpha value is -0.390. The Morgan fingerprint density at radius 3 is 3.00 bits per heavy atom. The molecule has 0 aromatic carbocycles. The molecule has 0 unspecified atom stereocenters. The van der Waals surface area contributed by atoms with E-state index in [1.165, 1.54) is 0 Å². The van der Waals surface area contributed by atoms with Gasteiger partial charge < -0.3 is 0 Å². The lowest BCUT2D eigenvalue weighted by atomic mass is 10.2. The Labute approximate surface area is 91.7 Å². The monoisotopic (exact) mass is 292 g/mol. The number of Topliss-reactive ketones (excluding diaryl/α,β-unsaturated/α-hetero) is 1. The highest BCUT2D eigenvalue weighted by Crippen LogP contribution is 2.03. The van der Waals surface area contributed by atoms with Crippen LogP contribution in [0.3, 0.4) is 0 Å². The van der Waals surface area contributed by atoms with Crippen molar-refractivity contribution in [2.45, 2.75) is 32.7 Å². The van der Waals surface area contributed by atoms with E-state index >= 15 is 0 Å². The summed E-state index contributed by atoms with van der Waals surface area (Å²) < 4.78 is 3.02. The minimum Gasteiger partial charge on any atom is -0.300 e. The fourth-order valence-corrected chi connectivity index (χ4v) is 1.52. The SMILES string of the molecule is CCC(=O)CCCn1cc(I)cn1. The van der Waals surface area contributed by atoms with Crippen LogP contribution in [0.1, 0.15) is 26.2 Å². The number of hydrogen-bond acceptors (Lipinski definition) is 2. The lowest BCUT2D eigenvalue weighted by Gasteiger charge is -1.99. The van der Waals surface area contributed by atoms with Gasteiger partial charge in [-0.2, -0.15) is 5.10 Å². The topological polar surface area (TPSA) is 34.9 Å². The van der Waals surface area contributed by atoms with Crippen LogP contribution in [0.4, 0.5) is 0 Å². The fourth-order valence-electron chi connectivity index (χ4n) is 1.08. The molecule has 0 amide bonds. The van der Waals surface area contributed by atoms with Crippen LogP contribution in [0.2, 0.25) is 0 Å². The highest BCUT2D eigenvalue weighted by molar-refractivity contribution is 14.1. The molecule has 0 saturated heterocycles. The van der Waals surface area contributed by atoms with Gasteiger partial charge in [0.15, 0.2) is 0 Å². The highest BCUT2D eigenvalue weighted by atomic mass is 127. The van der Waals surface area contributed by atoms with Gasteiger partial charge in [0.1, 0.15) is 5.78 Å². The van der Waals surface area contributed by atoms with E-state index in [2.05, 4.69) is 27.7 Å². The molecular weight excluding hydrogens is 279 g/mol. The van der Waals surface area contributed by atoms with Crippen molar-refractivity contribution in [3.8, 4) is 0 Å². The van der Waals surface area contributed by atoms with E-state index in [1.807, 2.05) is 24.0 Å². The third-order valence-corrected chi connectivity index (χ3v) is 2.40. The average molecular weight is 292 g/mol. The van der Waals surface area contributed by atoms with Gasteiger partial charge in [0.05, 0.1) is 9.77 Å².